The summed E-state index contributed by atoms with van der Waals surface area (Å²) >= 11 is 1.65. The third-order valence-electron chi connectivity index (χ3n) is 2.67. The molecule has 0 fully saturated rings. The summed E-state index contributed by atoms with van der Waals surface area (Å²) < 4.78 is 0. The molecule has 2 unspecified atom stereocenters. The normalized spacial score (nSPS) is 14.8. The number of thiophene rings is 1. The molecule has 0 aromatic carbocycles. The lowest BCUT2D eigenvalue weighted by molar-refractivity contribution is -0.117. The average molecular weight is 253 g/mol. The van der Waals surface area contributed by atoms with E-state index in [1.165, 1.54) is 11.0 Å². The lowest BCUT2D eigenvalue weighted by Crippen LogP contribution is -2.37. The highest BCUT2D eigenvalue weighted by atomic mass is 32.1. The van der Waals surface area contributed by atoms with Crippen molar-refractivity contribution in [1.29, 1.82) is 0 Å². The standard InChI is InChI=1S/C13H19NO2S/c1-9(8-15)11(3)14-13(16)7-6-12-5-4-10(2)17-12/h4-7,9,11,15H,8H2,1-3H3,(H,14,16)/b7-6+. The van der Waals surface area contributed by atoms with Crippen molar-refractivity contribution in [3.05, 3.63) is 28.0 Å². The van der Waals surface area contributed by atoms with E-state index >= 15 is 0 Å². The molecule has 0 aliphatic rings. The molecule has 3 nitrogen and oxygen atoms in total. The van der Waals surface area contributed by atoms with Crippen LogP contribution < -0.4 is 5.32 Å². The van der Waals surface area contributed by atoms with Gasteiger partial charge in [-0.15, -0.1) is 11.3 Å². The predicted molar refractivity (Wildman–Crippen MR) is 71.9 cm³/mol. The van der Waals surface area contributed by atoms with Crippen molar-refractivity contribution in [3.8, 4) is 0 Å². The van der Waals surface area contributed by atoms with E-state index in [1.807, 2.05) is 39.0 Å². The molecule has 1 rings (SSSR count). The number of nitrogens with one attached hydrogen (secondary N) is 1. The number of aliphatic hydroxyl groups excluding tert-OH is 1. The van der Waals surface area contributed by atoms with Crippen LogP contribution in [0.2, 0.25) is 0 Å². The first-order valence-electron chi connectivity index (χ1n) is 5.68. The van der Waals surface area contributed by atoms with Crippen molar-refractivity contribution in [2.45, 2.75) is 26.8 Å². The summed E-state index contributed by atoms with van der Waals surface area (Å²) in [5.41, 5.74) is 0. The lowest BCUT2D eigenvalue weighted by atomic mass is 10.1. The molecule has 0 aliphatic heterocycles. The zero-order valence-electron chi connectivity index (χ0n) is 10.4. The molecule has 1 aromatic heterocycles. The zero-order valence-corrected chi connectivity index (χ0v) is 11.3. The second-order valence-electron chi connectivity index (χ2n) is 4.24. The fourth-order valence-corrected chi connectivity index (χ4v) is 2.05. The van der Waals surface area contributed by atoms with Gasteiger partial charge in [0.1, 0.15) is 0 Å². The molecule has 0 bridgehead atoms. The Hall–Kier alpha value is -1.13. The maximum atomic E-state index is 11.6. The van der Waals surface area contributed by atoms with Crippen molar-refractivity contribution < 1.29 is 9.90 Å². The quantitative estimate of drug-likeness (QED) is 0.790. The number of aliphatic hydroxyl groups is 1. The minimum atomic E-state index is -0.121. The first kappa shape index (κ1) is 13.9. The van der Waals surface area contributed by atoms with Crippen LogP contribution in [0.15, 0.2) is 18.2 Å². The van der Waals surface area contributed by atoms with Crippen LogP contribution in [-0.2, 0) is 4.79 Å². The van der Waals surface area contributed by atoms with Crippen LogP contribution in [0.25, 0.3) is 6.08 Å². The van der Waals surface area contributed by atoms with Gasteiger partial charge in [0.05, 0.1) is 0 Å². The van der Waals surface area contributed by atoms with E-state index in [0.717, 1.165) is 4.88 Å². The Morgan fingerprint density at radius 3 is 2.76 bits per heavy atom. The predicted octanol–water partition coefficient (Wildman–Crippen LogP) is 2.20. The van der Waals surface area contributed by atoms with Crippen molar-refractivity contribution in [2.24, 2.45) is 5.92 Å². The number of rotatable bonds is 5. The Balaban J connectivity index is 2.47. The average Bonchev–Trinajstić information content (AvgIpc) is 2.71. The van der Waals surface area contributed by atoms with Crippen LogP contribution in [0.5, 0.6) is 0 Å². The molecule has 0 saturated heterocycles. The van der Waals surface area contributed by atoms with E-state index in [0.29, 0.717) is 0 Å². The number of aryl methyl sites for hydroxylation is 1. The van der Waals surface area contributed by atoms with Crippen molar-refractivity contribution in [1.82, 2.24) is 5.32 Å². The fraction of sp³-hybridized carbons (Fsp3) is 0.462. The molecule has 0 saturated carbocycles. The maximum Gasteiger partial charge on any atom is 0.244 e. The molecule has 2 atom stereocenters. The molecule has 1 amide bonds. The minimum absolute atomic E-state index is 0.0257. The largest absolute Gasteiger partial charge is 0.396 e. The molecule has 4 heteroatoms. The summed E-state index contributed by atoms with van der Waals surface area (Å²) in [5, 5.41) is 11.8. The van der Waals surface area contributed by atoms with Gasteiger partial charge in [0.15, 0.2) is 0 Å². The maximum absolute atomic E-state index is 11.6. The van der Waals surface area contributed by atoms with E-state index in [2.05, 4.69) is 5.32 Å². The Labute approximate surface area is 106 Å². The fourth-order valence-electron chi connectivity index (χ4n) is 1.27. The van der Waals surface area contributed by atoms with Crippen LogP contribution in [0.4, 0.5) is 0 Å². The number of hydrogen-bond acceptors (Lipinski definition) is 3. The third-order valence-corrected chi connectivity index (χ3v) is 3.64. The summed E-state index contributed by atoms with van der Waals surface area (Å²) in [7, 11) is 0. The van der Waals surface area contributed by atoms with Crippen molar-refractivity contribution in [3.63, 3.8) is 0 Å². The Morgan fingerprint density at radius 1 is 1.53 bits per heavy atom. The highest BCUT2D eigenvalue weighted by Gasteiger charge is 2.11. The number of amides is 1. The molecule has 1 aromatic rings. The van der Waals surface area contributed by atoms with E-state index in [9.17, 15) is 4.79 Å². The van der Waals surface area contributed by atoms with Crippen LogP contribution >= 0.6 is 11.3 Å². The number of hydrogen-bond donors (Lipinski definition) is 2. The molecule has 17 heavy (non-hydrogen) atoms. The molecule has 0 spiro atoms. The second-order valence-corrected chi connectivity index (χ2v) is 5.56. The molecular formula is C13H19NO2S. The Morgan fingerprint density at radius 2 is 2.24 bits per heavy atom. The van der Waals surface area contributed by atoms with E-state index in [4.69, 9.17) is 5.11 Å². The van der Waals surface area contributed by atoms with Gasteiger partial charge in [0.2, 0.25) is 5.91 Å². The molecule has 0 radical (unpaired) electrons. The van der Waals surface area contributed by atoms with Gasteiger partial charge in [-0.3, -0.25) is 4.79 Å². The van der Waals surface area contributed by atoms with Gasteiger partial charge in [-0.05, 0) is 38.0 Å². The summed E-state index contributed by atoms with van der Waals surface area (Å²) in [6.45, 7) is 5.90. The second kappa shape index (κ2) is 6.57. The topological polar surface area (TPSA) is 49.3 Å². The summed E-state index contributed by atoms with van der Waals surface area (Å²) in [4.78, 5) is 13.9. The highest BCUT2D eigenvalue weighted by molar-refractivity contribution is 7.12. The van der Waals surface area contributed by atoms with E-state index in [-0.39, 0.29) is 24.5 Å². The van der Waals surface area contributed by atoms with Gasteiger partial charge in [0.25, 0.3) is 0 Å². The molecule has 1 heterocycles. The number of carbonyl (C=O) groups excluding carboxylic acids is 1. The molecule has 2 N–H and O–H groups in total. The first-order valence-corrected chi connectivity index (χ1v) is 6.50. The first-order chi connectivity index (χ1) is 8.02. The lowest BCUT2D eigenvalue weighted by Gasteiger charge is -2.17. The Bertz CT molecular complexity index is 398. The van der Waals surface area contributed by atoms with Gasteiger partial charge in [-0.25, -0.2) is 0 Å². The minimum Gasteiger partial charge on any atom is -0.396 e. The van der Waals surface area contributed by atoms with Gasteiger partial charge in [-0.1, -0.05) is 6.92 Å². The van der Waals surface area contributed by atoms with Gasteiger partial charge in [0, 0.05) is 28.5 Å². The van der Waals surface area contributed by atoms with Gasteiger partial charge >= 0.3 is 0 Å². The van der Waals surface area contributed by atoms with Crippen LogP contribution in [0, 0.1) is 12.8 Å². The van der Waals surface area contributed by atoms with E-state index < -0.39 is 0 Å². The SMILES string of the molecule is Cc1ccc(/C=C/C(=O)NC(C)C(C)CO)s1. The van der Waals surface area contributed by atoms with Gasteiger partial charge in [-0.2, -0.15) is 0 Å². The van der Waals surface area contributed by atoms with Crippen molar-refractivity contribution >= 4 is 23.3 Å². The van der Waals surface area contributed by atoms with E-state index in [1.54, 1.807) is 11.3 Å². The van der Waals surface area contributed by atoms with Gasteiger partial charge < -0.3 is 10.4 Å². The summed E-state index contributed by atoms with van der Waals surface area (Å²) in [6.07, 6.45) is 3.34. The van der Waals surface area contributed by atoms with Crippen LogP contribution in [0.3, 0.4) is 0 Å². The third kappa shape index (κ3) is 4.71. The molecule has 94 valence electrons. The van der Waals surface area contributed by atoms with Crippen LogP contribution in [-0.4, -0.2) is 23.7 Å². The van der Waals surface area contributed by atoms with Crippen LogP contribution in [0.1, 0.15) is 23.6 Å². The number of carbonyl (C=O) groups is 1. The Kier molecular flexibility index (Phi) is 5.38. The molecular weight excluding hydrogens is 234 g/mol. The van der Waals surface area contributed by atoms with Crippen molar-refractivity contribution in [2.75, 3.05) is 6.61 Å². The molecule has 0 aliphatic carbocycles. The monoisotopic (exact) mass is 253 g/mol. The smallest absolute Gasteiger partial charge is 0.244 e. The highest BCUT2D eigenvalue weighted by Crippen LogP contribution is 2.16. The zero-order chi connectivity index (χ0) is 12.8. The summed E-state index contributed by atoms with van der Waals surface area (Å²) in [5.74, 6) is -0.0554. The summed E-state index contributed by atoms with van der Waals surface area (Å²) in [6, 6.07) is 3.99.